The molecule has 0 aliphatic heterocycles. The molecule has 6 heteroatoms. The molecule has 1 heterocycles. The SMILES string of the molecule is COc1nc(-c2cccc(Br)c2)ncc1C(=O)O. The quantitative estimate of drug-likeness (QED) is 0.943. The standard InChI is InChI=1S/C12H9BrN2O3/c1-18-11-9(12(16)17)6-14-10(15-11)7-3-2-4-8(13)5-7/h2-6H,1H3,(H,16,17). The molecule has 5 nitrogen and oxygen atoms in total. The van der Waals surface area contributed by atoms with E-state index < -0.39 is 5.97 Å². The molecule has 0 aliphatic carbocycles. The van der Waals surface area contributed by atoms with Crippen molar-refractivity contribution in [2.75, 3.05) is 7.11 Å². The van der Waals surface area contributed by atoms with E-state index >= 15 is 0 Å². The van der Waals surface area contributed by atoms with Gasteiger partial charge in [0.1, 0.15) is 5.56 Å². The maximum atomic E-state index is 10.9. The molecule has 0 saturated heterocycles. The number of halogens is 1. The molecule has 0 radical (unpaired) electrons. The summed E-state index contributed by atoms with van der Waals surface area (Å²) in [4.78, 5) is 19.0. The number of carbonyl (C=O) groups is 1. The number of ether oxygens (including phenoxy) is 1. The van der Waals surface area contributed by atoms with E-state index in [4.69, 9.17) is 9.84 Å². The van der Waals surface area contributed by atoms with Crippen molar-refractivity contribution in [3.05, 3.63) is 40.5 Å². The number of aromatic nitrogens is 2. The first kappa shape index (κ1) is 12.5. The van der Waals surface area contributed by atoms with E-state index in [1.54, 1.807) is 0 Å². The van der Waals surface area contributed by atoms with Crippen LogP contribution >= 0.6 is 15.9 Å². The second-order valence-electron chi connectivity index (χ2n) is 3.43. The number of hydrogen-bond donors (Lipinski definition) is 1. The minimum Gasteiger partial charge on any atom is -0.480 e. The third-order valence-electron chi connectivity index (χ3n) is 2.26. The second-order valence-corrected chi connectivity index (χ2v) is 4.35. The zero-order chi connectivity index (χ0) is 13.1. The van der Waals surface area contributed by atoms with Crippen LogP contribution in [-0.2, 0) is 0 Å². The Morgan fingerprint density at radius 1 is 1.44 bits per heavy atom. The molecular weight excluding hydrogens is 300 g/mol. The van der Waals surface area contributed by atoms with Gasteiger partial charge in [-0.3, -0.25) is 0 Å². The molecule has 1 aromatic heterocycles. The number of hydrogen-bond acceptors (Lipinski definition) is 4. The molecule has 0 amide bonds. The molecule has 1 N–H and O–H groups in total. The predicted octanol–water partition coefficient (Wildman–Crippen LogP) is 2.61. The summed E-state index contributed by atoms with van der Waals surface area (Å²) < 4.78 is 5.85. The van der Waals surface area contributed by atoms with Crippen LogP contribution in [0.4, 0.5) is 0 Å². The Bertz CT molecular complexity index is 602. The van der Waals surface area contributed by atoms with Gasteiger partial charge in [-0.2, -0.15) is 4.98 Å². The average Bonchev–Trinajstić information content (AvgIpc) is 2.37. The van der Waals surface area contributed by atoms with Crippen molar-refractivity contribution < 1.29 is 14.6 Å². The van der Waals surface area contributed by atoms with Gasteiger partial charge in [0.2, 0.25) is 5.88 Å². The summed E-state index contributed by atoms with van der Waals surface area (Å²) in [6.07, 6.45) is 1.24. The highest BCUT2D eigenvalue weighted by molar-refractivity contribution is 9.10. The molecule has 2 rings (SSSR count). The Morgan fingerprint density at radius 2 is 2.22 bits per heavy atom. The highest BCUT2D eigenvalue weighted by atomic mass is 79.9. The zero-order valence-corrected chi connectivity index (χ0v) is 11.0. The van der Waals surface area contributed by atoms with Crippen molar-refractivity contribution in [2.45, 2.75) is 0 Å². The highest BCUT2D eigenvalue weighted by Gasteiger charge is 2.14. The minimum atomic E-state index is -1.12. The summed E-state index contributed by atoms with van der Waals surface area (Å²) in [5.41, 5.74) is 0.718. The predicted molar refractivity (Wildman–Crippen MR) is 68.7 cm³/mol. The second kappa shape index (κ2) is 5.14. The van der Waals surface area contributed by atoms with E-state index in [1.807, 2.05) is 24.3 Å². The lowest BCUT2D eigenvalue weighted by atomic mass is 10.2. The average molecular weight is 309 g/mol. The summed E-state index contributed by atoms with van der Waals surface area (Å²) in [6, 6.07) is 7.40. The van der Waals surface area contributed by atoms with Crippen molar-refractivity contribution in [2.24, 2.45) is 0 Å². The van der Waals surface area contributed by atoms with Gasteiger partial charge in [-0.25, -0.2) is 9.78 Å². The van der Waals surface area contributed by atoms with Crippen LogP contribution in [0.5, 0.6) is 5.88 Å². The van der Waals surface area contributed by atoms with E-state index in [0.717, 1.165) is 10.0 Å². The van der Waals surface area contributed by atoms with Crippen molar-refractivity contribution >= 4 is 21.9 Å². The first-order valence-electron chi connectivity index (χ1n) is 5.02. The lowest BCUT2D eigenvalue weighted by molar-refractivity contribution is 0.0692. The molecule has 0 bridgehead atoms. The minimum absolute atomic E-state index is 0.0486. The van der Waals surface area contributed by atoms with E-state index in [-0.39, 0.29) is 11.4 Å². The topological polar surface area (TPSA) is 72.3 Å². The van der Waals surface area contributed by atoms with Gasteiger partial charge >= 0.3 is 5.97 Å². The number of aromatic carboxylic acids is 1. The molecular formula is C12H9BrN2O3. The van der Waals surface area contributed by atoms with Gasteiger partial charge in [-0.05, 0) is 12.1 Å². The third-order valence-corrected chi connectivity index (χ3v) is 2.75. The lowest BCUT2D eigenvalue weighted by Gasteiger charge is -2.06. The van der Waals surface area contributed by atoms with Crippen LogP contribution in [0.2, 0.25) is 0 Å². The number of carboxylic acids is 1. The number of nitrogens with zero attached hydrogens (tertiary/aromatic N) is 2. The molecule has 92 valence electrons. The first-order valence-corrected chi connectivity index (χ1v) is 5.81. The Balaban J connectivity index is 2.51. The molecule has 18 heavy (non-hydrogen) atoms. The third kappa shape index (κ3) is 2.48. The van der Waals surface area contributed by atoms with E-state index in [2.05, 4.69) is 25.9 Å². The molecule has 0 aliphatic rings. The number of benzene rings is 1. The van der Waals surface area contributed by atoms with Gasteiger partial charge in [-0.1, -0.05) is 28.1 Å². The van der Waals surface area contributed by atoms with Gasteiger partial charge < -0.3 is 9.84 Å². The van der Waals surface area contributed by atoms with Crippen LogP contribution in [0.15, 0.2) is 34.9 Å². The zero-order valence-electron chi connectivity index (χ0n) is 9.42. The van der Waals surface area contributed by atoms with Gasteiger partial charge in [0.25, 0.3) is 0 Å². The van der Waals surface area contributed by atoms with Crippen LogP contribution in [0, 0.1) is 0 Å². The monoisotopic (exact) mass is 308 g/mol. The highest BCUT2D eigenvalue weighted by Crippen LogP contribution is 2.23. The maximum Gasteiger partial charge on any atom is 0.342 e. The molecule has 0 atom stereocenters. The fourth-order valence-corrected chi connectivity index (χ4v) is 1.83. The van der Waals surface area contributed by atoms with Crippen molar-refractivity contribution in [3.63, 3.8) is 0 Å². The molecule has 0 fully saturated rings. The normalized spacial score (nSPS) is 10.1. The summed E-state index contributed by atoms with van der Waals surface area (Å²) in [5.74, 6) is -0.654. The number of rotatable bonds is 3. The molecule has 1 aromatic carbocycles. The fourth-order valence-electron chi connectivity index (χ4n) is 1.44. The number of carboxylic acid groups (broad SMARTS) is 1. The van der Waals surface area contributed by atoms with Crippen LogP contribution in [0.1, 0.15) is 10.4 Å². The molecule has 0 spiro atoms. The molecule has 2 aromatic rings. The van der Waals surface area contributed by atoms with Crippen LogP contribution in [0.3, 0.4) is 0 Å². The van der Waals surface area contributed by atoms with Crippen molar-refractivity contribution in [1.82, 2.24) is 9.97 Å². The van der Waals surface area contributed by atoms with Crippen LogP contribution in [0.25, 0.3) is 11.4 Å². The summed E-state index contributed by atoms with van der Waals surface area (Å²) in [7, 11) is 1.37. The maximum absolute atomic E-state index is 10.9. The number of methoxy groups -OCH3 is 1. The Kier molecular flexibility index (Phi) is 3.57. The Morgan fingerprint density at radius 3 is 2.83 bits per heavy atom. The summed E-state index contributed by atoms with van der Waals surface area (Å²) in [5, 5.41) is 8.93. The van der Waals surface area contributed by atoms with Crippen LogP contribution in [-0.4, -0.2) is 28.2 Å². The molecule has 0 saturated carbocycles. The summed E-state index contributed by atoms with van der Waals surface area (Å²) in [6.45, 7) is 0. The van der Waals surface area contributed by atoms with E-state index in [0.29, 0.717) is 5.82 Å². The van der Waals surface area contributed by atoms with Gasteiger partial charge in [0.05, 0.1) is 7.11 Å². The Labute approximate surface area is 112 Å². The smallest absolute Gasteiger partial charge is 0.342 e. The van der Waals surface area contributed by atoms with Gasteiger partial charge in [0.15, 0.2) is 5.82 Å². The van der Waals surface area contributed by atoms with Gasteiger partial charge in [0, 0.05) is 16.2 Å². The molecule has 0 unspecified atom stereocenters. The fraction of sp³-hybridized carbons (Fsp3) is 0.0833. The summed E-state index contributed by atoms with van der Waals surface area (Å²) >= 11 is 3.35. The van der Waals surface area contributed by atoms with E-state index in [9.17, 15) is 4.79 Å². The van der Waals surface area contributed by atoms with Crippen molar-refractivity contribution in [1.29, 1.82) is 0 Å². The largest absolute Gasteiger partial charge is 0.480 e. The van der Waals surface area contributed by atoms with Crippen LogP contribution < -0.4 is 4.74 Å². The Hall–Kier alpha value is -1.95. The van der Waals surface area contributed by atoms with Crippen molar-refractivity contribution in [3.8, 4) is 17.3 Å². The van der Waals surface area contributed by atoms with E-state index in [1.165, 1.54) is 13.3 Å². The first-order chi connectivity index (χ1) is 8.61. The van der Waals surface area contributed by atoms with Gasteiger partial charge in [-0.15, -0.1) is 0 Å². The lowest BCUT2D eigenvalue weighted by Crippen LogP contribution is -2.04.